The molecule has 5 heteroatoms. The van der Waals surface area contributed by atoms with Crippen LogP contribution in [-0.4, -0.2) is 41.1 Å². The van der Waals surface area contributed by atoms with E-state index < -0.39 is 12.0 Å². The molecule has 0 spiro atoms. The van der Waals surface area contributed by atoms with Crippen LogP contribution in [0, 0.1) is 5.92 Å². The highest BCUT2D eigenvalue weighted by atomic mass is 16.4. The predicted molar refractivity (Wildman–Crippen MR) is 64.8 cm³/mol. The van der Waals surface area contributed by atoms with Crippen LogP contribution in [0.15, 0.2) is 0 Å². The van der Waals surface area contributed by atoms with Gasteiger partial charge in [0.15, 0.2) is 0 Å². The van der Waals surface area contributed by atoms with Crippen molar-refractivity contribution in [3.63, 3.8) is 0 Å². The number of carbonyl (C=O) groups is 2. The van der Waals surface area contributed by atoms with Gasteiger partial charge in [-0.1, -0.05) is 13.8 Å². The molecule has 0 aromatic carbocycles. The van der Waals surface area contributed by atoms with Gasteiger partial charge in [-0.3, -0.25) is 0 Å². The molecule has 1 unspecified atom stereocenters. The minimum Gasteiger partial charge on any atom is -0.480 e. The summed E-state index contributed by atoms with van der Waals surface area (Å²) in [5, 5.41) is 11.5. The highest BCUT2D eigenvalue weighted by Gasteiger charge is 2.28. The van der Waals surface area contributed by atoms with Gasteiger partial charge in [-0.05, 0) is 31.6 Å². The first-order chi connectivity index (χ1) is 8.08. The van der Waals surface area contributed by atoms with Gasteiger partial charge < -0.3 is 15.3 Å². The summed E-state index contributed by atoms with van der Waals surface area (Å²) in [6.45, 7) is 5.22. The van der Waals surface area contributed by atoms with Gasteiger partial charge in [-0.25, -0.2) is 9.59 Å². The second-order valence-corrected chi connectivity index (χ2v) is 4.64. The average Bonchev–Trinajstić information content (AvgIpc) is 3.08. The Morgan fingerprint density at radius 1 is 1.41 bits per heavy atom. The lowest BCUT2D eigenvalue weighted by Gasteiger charge is -2.24. The third-order valence-corrected chi connectivity index (χ3v) is 2.96. The van der Waals surface area contributed by atoms with Gasteiger partial charge in [0.2, 0.25) is 0 Å². The van der Waals surface area contributed by atoms with Crippen LogP contribution in [0.3, 0.4) is 0 Å². The Morgan fingerprint density at radius 2 is 2.06 bits per heavy atom. The van der Waals surface area contributed by atoms with Crippen molar-refractivity contribution < 1.29 is 14.7 Å². The van der Waals surface area contributed by atoms with Crippen LogP contribution in [0.25, 0.3) is 0 Å². The molecule has 0 aromatic rings. The van der Waals surface area contributed by atoms with Gasteiger partial charge in [0.25, 0.3) is 0 Å². The number of rotatable bonds is 7. The van der Waals surface area contributed by atoms with Crippen molar-refractivity contribution in [1.29, 1.82) is 0 Å². The second kappa shape index (κ2) is 6.47. The lowest BCUT2D eigenvalue weighted by atomic mass is 10.2. The first-order valence-electron chi connectivity index (χ1n) is 6.36. The zero-order chi connectivity index (χ0) is 12.8. The van der Waals surface area contributed by atoms with Gasteiger partial charge in [-0.15, -0.1) is 0 Å². The summed E-state index contributed by atoms with van der Waals surface area (Å²) in [6.07, 6.45) is 3.67. The van der Waals surface area contributed by atoms with E-state index in [1.807, 2.05) is 6.92 Å². The summed E-state index contributed by atoms with van der Waals surface area (Å²) in [4.78, 5) is 24.5. The van der Waals surface area contributed by atoms with Crippen LogP contribution in [-0.2, 0) is 4.79 Å². The number of urea groups is 1. The number of hydrogen-bond acceptors (Lipinski definition) is 2. The molecule has 5 nitrogen and oxygen atoms in total. The molecule has 1 aliphatic rings. The van der Waals surface area contributed by atoms with Gasteiger partial charge in [0.05, 0.1) is 0 Å². The van der Waals surface area contributed by atoms with Crippen LogP contribution in [0.5, 0.6) is 0 Å². The first-order valence-corrected chi connectivity index (χ1v) is 6.36. The number of hydrogen-bond donors (Lipinski definition) is 2. The van der Waals surface area contributed by atoms with Gasteiger partial charge in [-0.2, -0.15) is 0 Å². The quantitative estimate of drug-likeness (QED) is 0.713. The molecule has 0 aliphatic heterocycles. The van der Waals surface area contributed by atoms with Crippen LogP contribution in [0.4, 0.5) is 4.79 Å². The fourth-order valence-electron chi connectivity index (χ4n) is 1.74. The maximum atomic E-state index is 11.9. The Bertz CT molecular complexity index is 277. The topological polar surface area (TPSA) is 69.6 Å². The predicted octanol–water partition coefficient (Wildman–Crippen LogP) is 1.68. The smallest absolute Gasteiger partial charge is 0.326 e. The molecular weight excluding hydrogens is 220 g/mol. The molecule has 0 heterocycles. The summed E-state index contributed by atoms with van der Waals surface area (Å²) < 4.78 is 0. The van der Waals surface area contributed by atoms with Crippen LogP contribution in [0.2, 0.25) is 0 Å². The Balaban J connectivity index is 2.47. The third kappa shape index (κ3) is 4.63. The summed E-state index contributed by atoms with van der Waals surface area (Å²) >= 11 is 0. The molecule has 1 fully saturated rings. The van der Waals surface area contributed by atoms with E-state index >= 15 is 0 Å². The monoisotopic (exact) mass is 242 g/mol. The summed E-state index contributed by atoms with van der Waals surface area (Å²) in [5.74, 6) is -0.346. The van der Waals surface area contributed by atoms with Crippen LogP contribution in [0.1, 0.15) is 39.5 Å². The molecule has 0 bridgehead atoms. The lowest BCUT2D eigenvalue weighted by Crippen LogP contribution is -2.48. The zero-order valence-electron chi connectivity index (χ0n) is 10.6. The maximum Gasteiger partial charge on any atom is 0.326 e. The zero-order valence-corrected chi connectivity index (χ0v) is 10.6. The molecule has 2 amide bonds. The summed E-state index contributed by atoms with van der Waals surface area (Å²) in [6, 6.07) is -1.02. The number of carboxylic acid groups (broad SMARTS) is 1. The molecule has 2 N–H and O–H groups in total. The van der Waals surface area contributed by atoms with Gasteiger partial charge in [0, 0.05) is 13.1 Å². The number of nitrogens with one attached hydrogen (secondary N) is 1. The standard InChI is InChI=1S/C12H22N2O3/c1-3-7-14(8-9-5-6-9)12(17)13-10(4-2)11(15)16/h9-10H,3-8H2,1-2H3,(H,13,17)(H,15,16). The molecule has 1 rings (SSSR count). The Labute approximate surface area is 102 Å². The van der Waals surface area contributed by atoms with E-state index in [0.717, 1.165) is 13.0 Å². The number of nitrogens with zero attached hydrogens (tertiary/aromatic N) is 1. The molecule has 17 heavy (non-hydrogen) atoms. The van der Waals surface area contributed by atoms with Crippen molar-refractivity contribution in [1.82, 2.24) is 10.2 Å². The van der Waals surface area contributed by atoms with E-state index in [-0.39, 0.29) is 6.03 Å². The average molecular weight is 242 g/mol. The highest BCUT2D eigenvalue weighted by Crippen LogP contribution is 2.29. The molecule has 1 aliphatic carbocycles. The fourth-order valence-corrected chi connectivity index (χ4v) is 1.74. The molecule has 0 aromatic heterocycles. The third-order valence-electron chi connectivity index (χ3n) is 2.96. The summed E-state index contributed by atoms with van der Waals surface area (Å²) in [5.41, 5.74) is 0. The van der Waals surface area contributed by atoms with Crippen LogP contribution < -0.4 is 5.32 Å². The van der Waals surface area contributed by atoms with Crippen LogP contribution >= 0.6 is 0 Å². The maximum absolute atomic E-state index is 11.9. The number of aliphatic carboxylic acids is 1. The van der Waals surface area contributed by atoms with E-state index in [9.17, 15) is 9.59 Å². The van der Waals surface area contributed by atoms with E-state index in [4.69, 9.17) is 5.11 Å². The summed E-state index contributed by atoms with van der Waals surface area (Å²) in [7, 11) is 0. The first kappa shape index (κ1) is 13.8. The number of carbonyl (C=O) groups excluding carboxylic acids is 1. The Kier molecular flexibility index (Phi) is 5.25. The Hall–Kier alpha value is -1.26. The molecule has 1 saturated carbocycles. The van der Waals surface area contributed by atoms with Gasteiger partial charge in [0.1, 0.15) is 6.04 Å². The normalized spacial score (nSPS) is 16.4. The number of carboxylic acids is 1. The van der Waals surface area contributed by atoms with E-state index in [1.165, 1.54) is 12.8 Å². The van der Waals surface area contributed by atoms with Crippen molar-refractivity contribution in [2.45, 2.75) is 45.6 Å². The van der Waals surface area contributed by atoms with E-state index in [1.54, 1.807) is 11.8 Å². The molecular formula is C12H22N2O3. The lowest BCUT2D eigenvalue weighted by molar-refractivity contribution is -0.139. The molecule has 0 radical (unpaired) electrons. The fraction of sp³-hybridized carbons (Fsp3) is 0.833. The van der Waals surface area contributed by atoms with Gasteiger partial charge >= 0.3 is 12.0 Å². The molecule has 98 valence electrons. The van der Waals surface area contributed by atoms with Crippen molar-refractivity contribution in [2.24, 2.45) is 5.92 Å². The van der Waals surface area contributed by atoms with Crippen molar-refractivity contribution >= 4 is 12.0 Å². The van der Waals surface area contributed by atoms with E-state index in [0.29, 0.717) is 18.9 Å². The molecule has 1 atom stereocenters. The SMILES string of the molecule is CCCN(CC1CC1)C(=O)NC(CC)C(=O)O. The van der Waals surface area contributed by atoms with E-state index in [2.05, 4.69) is 5.32 Å². The Morgan fingerprint density at radius 3 is 2.47 bits per heavy atom. The molecule has 0 saturated heterocycles. The van der Waals surface area contributed by atoms with Crippen molar-refractivity contribution in [3.05, 3.63) is 0 Å². The minimum absolute atomic E-state index is 0.243. The van der Waals surface area contributed by atoms with Crippen molar-refractivity contribution in [3.8, 4) is 0 Å². The largest absolute Gasteiger partial charge is 0.480 e. The number of amides is 2. The van der Waals surface area contributed by atoms with Crippen molar-refractivity contribution in [2.75, 3.05) is 13.1 Å². The second-order valence-electron chi connectivity index (χ2n) is 4.64. The highest BCUT2D eigenvalue weighted by molar-refractivity contribution is 5.82. The minimum atomic E-state index is -0.969.